The molecule has 6 nitrogen and oxygen atoms in total. The van der Waals surface area contributed by atoms with E-state index in [-0.39, 0.29) is 54.5 Å². The Morgan fingerprint density at radius 2 is 1.84 bits per heavy atom. The molecule has 0 saturated carbocycles. The summed E-state index contributed by atoms with van der Waals surface area (Å²) in [4.78, 5) is 16.2. The molecule has 0 aromatic heterocycles. The smallest absolute Gasteiger partial charge is 0.242 e. The summed E-state index contributed by atoms with van der Waals surface area (Å²) in [5, 5.41) is 18.8. The number of guanidine groups is 1. The Hall–Kier alpha value is -1.35. The molecule has 4 N–H and O–H groups in total. The van der Waals surface area contributed by atoms with E-state index in [9.17, 15) is 9.90 Å². The number of hydrogen-bond acceptors (Lipinski definition) is 3. The molecule has 142 valence electrons. The molecule has 0 spiro atoms. The first kappa shape index (κ1) is 23.6. The number of amides is 1. The third-order valence-electron chi connectivity index (χ3n) is 3.25. The van der Waals surface area contributed by atoms with Crippen molar-refractivity contribution in [3.05, 3.63) is 35.9 Å². The number of aliphatic hydroxyl groups is 1. The molecule has 0 heterocycles. The average molecular weight is 462 g/mol. The van der Waals surface area contributed by atoms with E-state index in [0.717, 1.165) is 5.56 Å². The van der Waals surface area contributed by atoms with Crippen LogP contribution in [0.3, 0.4) is 0 Å². The molecule has 1 rings (SSSR count). The van der Waals surface area contributed by atoms with Crippen LogP contribution in [0, 0.1) is 0 Å². The Morgan fingerprint density at radius 3 is 2.36 bits per heavy atom. The minimum absolute atomic E-state index is 0. The highest BCUT2D eigenvalue weighted by Crippen LogP contribution is 2.13. The molecule has 0 aliphatic heterocycles. The second-order valence-electron chi connectivity index (χ2n) is 6.66. The van der Waals surface area contributed by atoms with Gasteiger partial charge in [-0.3, -0.25) is 4.79 Å². The first-order valence-corrected chi connectivity index (χ1v) is 8.34. The monoisotopic (exact) mass is 462 g/mol. The zero-order chi connectivity index (χ0) is 18.0. The summed E-state index contributed by atoms with van der Waals surface area (Å²) in [5.41, 5.74) is 0.794. The van der Waals surface area contributed by atoms with Crippen LogP contribution in [0.2, 0.25) is 0 Å². The number of nitrogens with zero attached hydrogens (tertiary/aromatic N) is 1. The fraction of sp³-hybridized carbons (Fsp3) is 0.556. The van der Waals surface area contributed by atoms with Gasteiger partial charge in [-0.15, -0.1) is 24.0 Å². The second kappa shape index (κ2) is 12.1. The SMILES string of the molecule is CCNC(=NCC(=O)NC(C)(C)C)NCC(CO)c1ccccc1.I. The van der Waals surface area contributed by atoms with Crippen LogP contribution in [-0.4, -0.2) is 48.8 Å². The Bertz CT molecular complexity index is 530. The van der Waals surface area contributed by atoms with Crippen molar-refractivity contribution in [1.82, 2.24) is 16.0 Å². The van der Waals surface area contributed by atoms with Crippen LogP contribution in [0.15, 0.2) is 35.3 Å². The molecule has 0 saturated heterocycles. The Balaban J connectivity index is 0.00000576. The summed E-state index contributed by atoms with van der Waals surface area (Å²) in [6.45, 7) is 9.10. The highest BCUT2D eigenvalue weighted by Gasteiger charge is 2.14. The van der Waals surface area contributed by atoms with Crippen molar-refractivity contribution in [2.45, 2.75) is 39.2 Å². The maximum atomic E-state index is 11.9. The summed E-state index contributed by atoms with van der Waals surface area (Å²) in [5.74, 6) is 0.413. The minimum Gasteiger partial charge on any atom is -0.396 e. The number of benzene rings is 1. The van der Waals surface area contributed by atoms with Gasteiger partial charge in [-0.25, -0.2) is 4.99 Å². The first-order valence-electron chi connectivity index (χ1n) is 8.34. The molecule has 1 aromatic rings. The van der Waals surface area contributed by atoms with Gasteiger partial charge in [-0.2, -0.15) is 0 Å². The van der Waals surface area contributed by atoms with E-state index in [1.54, 1.807) is 0 Å². The molecule has 0 fully saturated rings. The quantitative estimate of drug-likeness (QED) is 0.283. The molecule has 0 aliphatic rings. The third kappa shape index (κ3) is 10.3. The van der Waals surface area contributed by atoms with Crippen molar-refractivity contribution in [3.63, 3.8) is 0 Å². The van der Waals surface area contributed by atoms with E-state index in [1.165, 1.54) is 0 Å². The molecule has 1 amide bonds. The zero-order valence-corrected chi connectivity index (χ0v) is 17.8. The van der Waals surface area contributed by atoms with Gasteiger partial charge < -0.3 is 21.1 Å². The lowest BCUT2D eigenvalue weighted by Gasteiger charge is -2.20. The van der Waals surface area contributed by atoms with Gasteiger partial charge in [0.25, 0.3) is 0 Å². The molecular formula is C18H31IN4O2. The fourth-order valence-corrected chi connectivity index (χ4v) is 2.18. The van der Waals surface area contributed by atoms with Gasteiger partial charge in [-0.05, 0) is 33.3 Å². The van der Waals surface area contributed by atoms with Crippen LogP contribution in [0.25, 0.3) is 0 Å². The normalized spacial score (nSPS) is 12.8. The van der Waals surface area contributed by atoms with Crippen LogP contribution in [0.4, 0.5) is 0 Å². The van der Waals surface area contributed by atoms with Crippen LogP contribution >= 0.6 is 24.0 Å². The molecule has 1 aromatic carbocycles. The largest absolute Gasteiger partial charge is 0.396 e. The number of hydrogen-bond donors (Lipinski definition) is 4. The van der Waals surface area contributed by atoms with Crippen LogP contribution in [0.1, 0.15) is 39.2 Å². The van der Waals surface area contributed by atoms with Crippen LogP contribution in [-0.2, 0) is 4.79 Å². The van der Waals surface area contributed by atoms with Crippen LogP contribution < -0.4 is 16.0 Å². The van der Waals surface area contributed by atoms with E-state index >= 15 is 0 Å². The lowest BCUT2D eigenvalue weighted by atomic mass is 10.0. The first-order chi connectivity index (χ1) is 11.4. The van der Waals surface area contributed by atoms with Gasteiger partial charge >= 0.3 is 0 Å². The molecule has 7 heteroatoms. The summed E-state index contributed by atoms with van der Waals surface area (Å²) < 4.78 is 0. The van der Waals surface area contributed by atoms with Crippen molar-refractivity contribution < 1.29 is 9.90 Å². The lowest BCUT2D eigenvalue weighted by molar-refractivity contribution is -0.121. The molecule has 1 unspecified atom stereocenters. The summed E-state index contributed by atoms with van der Waals surface area (Å²) >= 11 is 0. The van der Waals surface area contributed by atoms with Crippen molar-refractivity contribution in [3.8, 4) is 0 Å². The molecule has 0 aliphatic carbocycles. The summed E-state index contributed by atoms with van der Waals surface area (Å²) in [7, 11) is 0. The highest BCUT2D eigenvalue weighted by atomic mass is 127. The topological polar surface area (TPSA) is 85.8 Å². The van der Waals surface area contributed by atoms with Gasteiger partial charge in [0.2, 0.25) is 5.91 Å². The number of halogens is 1. The fourth-order valence-electron chi connectivity index (χ4n) is 2.18. The van der Waals surface area contributed by atoms with E-state index in [0.29, 0.717) is 19.0 Å². The number of carbonyl (C=O) groups excluding carboxylic acids is 1. The summed E-state index contributed by atoms with van der Waals surface area (Å²) in [6, 6.07) is 9.83. The third-order valence-corrected chi connectivity index (χ3v) is 3.25. The van der Waals surface area contributed by atoms with Gasteiger partial charge in [-0.1, -0.05) is 30.3 Å². The Morgan fingerprint density at radius 1 is 1.20 bits per heavy atom. The maximum Gasteiger partial charge on any atom is 0.242 e. The molecule has 25 heavy (non-hydrogen) atoms. The Labute approximate surface area is 167 Å². The molecule has 1 atom stereocenters. The van der Waals surface area contributed by atoms with E-state index in [1.807, 2.05) is 58.0 Å². The molecule has 0 bridgehead atoms. The van der Waals surface area contributed by atoms with Crippen molar-refractivity contribution in [1.29, 1.82) is 0 Å². The minimum atomic E-state index is -0.270. The van der Waals surface area contributed by atoms with Gasteiger partial charge in [0, 0.05) is 24.5 Å². The summed E-state index contributed by atoms with van der Waals surface area (Å²) in [6.07, 6.45) is 0. The standard InChI is InChI=1S/C18H30N4O2.HI/c1-5-19-17(21-12-16(24)22-18(2,3)4)20-11-15(13-23)14-9-7-6-8-10-14;/h6-10,15,23H,5,11-13H2,1-4H3,(H,22,24)(H2,19,20,21);1H. The van der Waals surface area contributed by atoms with E-state index in [4.69, 9.17) is 0 Å². The van der Waals surface area contributed by atoms with E-state index in [2.05, 4.69) is 20.9 Å². The number of nitrogens with one attached hydrogen (secondary N) is 3. The number of aliphatic imine (C=N–C) groups is 1. The van der Waals surface area contributed by atoms with Crippen molar-refractivity contribution in [2.75, 3.05) is 26.2 Å². The average Bonchev–Trinajstić information content (AvgIpc) is 2.52. The highest BCUT2D eigenvalue weighted by molar-refractivity contribution is 14.0. The predicted octanol–water partition coefficient (Wildman–Crippen LogP) is 1.85. The van der Waals surface area contributed by atoms with Gasteiger partial charge in [0.05, 0.1) is 6.61 Å². The van der Waals surface area contributed by atoms with Crippen molar-refractivity contribution in [2.24, 2.45) is 4.99 Å². The van der Waals surface area contributed by atoms with Crippen molar-refractivity contribution >= 4 is 35.8 Å². The second-order valence-corrected chi connectivity index (χ2v) is 6.66. The number of carbonyl (C=O) groups is 1. The number of rotatable bonds is 7. The lowest BCUT2D eigenvalue weighted by Crippen LogP contribution is -2.43. The Kier molecular flexibility index (Phi) is 11.4. The maximum absolute atomic E-state index is 11.9. The molecule has 0 radical (unpaired) electrons. The molecular weight excluding hydrogens is 431 g/mol. The van der Waals surface area contributed by atoms with Crippen LogP contribution in [0.5, 0.6) is 0 Å². The number of aliphatic hydroxyl groups excluding tert-OH is 1. The zero-order valence-electron chi connectivity index (χ0n) is 15.5. The van der Waals surface area contributed by atoms with Gasteiger partial charge in [0.15, 0.2) is 5.96 Å². The van der Waals surface area contributed by atoms with Gasteiger partial charge in [0.1, 0.15) is 6.54 Å². The predicted molar refractivity (Wildman–Crippen MR) is 114 cm³/mol. The van der Waals surface area contributed by atoms with E-state index < -0.39 is 0 Å².